The Balaban J connectivity index is 2.12. The number of hydrogen-bond acceptors (Lipinski definition) is 3. The lowest BCUT2D eigenvalue weighted by Crippen LogP contribution is -2.53. The summed E-state index contributed by atoms with van der Waals surface area (Å²) in [7, 11) is 0. The lowest BCUT2D eigenvalue weighted by molar-refractivity contribution is -0.144. The van der Waals surface area contributed by atoms with Crippen LogP contribution in [0.5, 0.6) is 0 Å². The molecule has 0 aromatic carbocycles. The highest BCUT2D eigenvalue weighted by Crippen LogP contribution is 2.37. The molecule has 0 radical (unpaired) electrons. The summed E-state index contributed by atoms with van der Waals surface area (Å²) in [5, 5.41) is 0. The van der Waals surface area contributed by atoms with Crippen molar-refractivity contribution < 1.29 is 4.79 Å². The molecule has 4 heteroatoms. The van der Waals surface area contributed by atoms with Crippen LogP contribution in [0.1, 0.15) is 45.4 Å². The van der Waals surface area contributed by atoms with Crippen molar-refractivity contribution in [3.63, 3.8) is 0 Å². The Morgan fingerprint density at radius 3 is 2.56 bits per heavy atom. The van der Waals surface area contributed by atoms with Crippen molar-refractivity contribution in [2.24, 2.45) is 11.1 Å². The molecule has 2 rings (SSSR count). The summed E-state index contributed by atoms with van der Waals surface area (Å²) in [5.41, 5.74) is 5.76. The predicted octanol–water partition coefficient (Wildman–Crippen LogP) is 2.25. The second kappa shape index (κ2) is 6.29. The van der Waals surface area contributed by atoms with Crippen molar-refractivity contribution in [1.29, 1.82) is 0 Å². The van der Waals surface area contributed by atoms with E-state index in [0.29, 0.717) is 18.5 Å². The van der Waals surface area contributed by atoms with Gasteiger partial charge in [0.15, 0.2) is 0 Å². The van der Waals surface area contributed by atoms with Gasteiger partial charge in [0.25, 0.3) is 0 Å². The molecule has 1 amide bonds. The van der Waals surface area contributed by atoms with E-state index in [9.17, 15) is 4.79 Å². The Labute approximate surface area is 115 Å². The Bertz CT molecular complexity index is 288. The van der Waals surface area contributed by atoms with Gasteiger partial charge in [-0.25, -0.2) is 0 Å². The fourth-order valence-corrected chi connectivity index (χ4v) is 4.26. The zero-order chi connectivity index (χ0) is 13.0. The Morgan fingerprint density at radius 1 is 1.33 bits per heavy atom. The molecular weight excluding hydrogens is 244 g/mol. The van der Waals surface area contributed by atoms with E-state index < -0.39 is 0 Å². The third-order valence-electron chi connectivity index (χ3n) is 4.53. The van der Waals surface area contributed by atoms with E-state index in [-0.39, 0.29) is 5.41 Å². The van der Waals surface area contributed by atoms with Gasteiger partial charge in [0.05, 0.1) is 5.41 Å². The molecule has 1 unspecified atom stereocenters. The zero-order valence-corrected chi connectivity index (χ0v) is 12.3. The number of thioether (sulfide) groups is 1. The van der Waals surface area contributed by atoms with E-state index >= 15 is 0 Å². The molecule has 1 aliphatic heterocycles. The fraction of sp³-hybridized carbons (Fsp3) is 0.929. The average molecular weight is 270 g/mol. The van der Waals surface area contributed by atoms with Crippen LogP contribution in [0, 0.1) is 5.41 Å². The topological polar surface area (TPSA) is 46.3 Å². The lowest BCUT2D eigenvalue weighted by atomic mass is 9.78. The molecule has 0 spiro atoms. The minimum Gasteiger partial charge on any atom is -0.338 e. The zero-order valence-electron chi connectivity index (χ0n) is 11.5. The molecule has 0 bridgehead atoms. The van der Waals surface area contributed by atoms with Gasteiger partial charge in [-0.15, -0.1) is 0 Å². The molecule has 0 aromatic rings. The van der Waals surface area contributed by atoms with E-state index in [1.165, 1.54) is 25.7 Å². The highest BCUT2D eigenvalue weighted by atomic mass is 32.2. The maximum absolute atomic E-state index is 12.9. The number of nitrogens with two attached hydrogens (primary N) is 1. The number of amides is 1. The normalized spacial score (nSPS) is 28.8. The predicted molar refractivity (Wildman–Crippen MR) is 77.7 cm³/mol. The summed E-state index contributed by atoms with van der Waals surface area (Å²) in [5.74, 6) is 2.50. The highest BCUT2D eigenvalue weighted by molar-refractivity contribution is 7.99. The Morgan fingerprint density at radius 2 is 2.00 bits per heavy atom. The lowest BCUT2D eigenvalue weighted by Gasteiger charge is -2.41. The van der Waals surface area contributed by atoms with Crippen molar-refractivity contribution in [2.45, 2.75) is 51.5 Å². The van der Waals surface area contributed by atoms with Gasteiger partial charge in [0.2, 0.25) is 5.91 Å². The smallest absolute Gasteiger partial charge is 0.230 e. The molecule has 2 fully saturated rings. The summed E-state index contributed by atoms with van der Waals surface area (Å²) >= 11 is 1.96. The maximum atomic E-state index is 12.9. The SMILES string of the molecule is CC1CSCCN1C(=O)C1(CN)CCCCCC1. The van der Waals surface area contributed by atoms with E-state index in [4.69, 9.17) is 5.73 Å². The van der Waals surface area contributed by atoms with Gasteiger partial charge < -0.3 is 10.6 Å². The first-order valence-electron chi connectivity index (χ1n) is 7.28. The van der Waals surface area contributed by atoms with Crippen molar-refractivity contribution in [3.05, 3.63) is 0 Å². The van der Waals surface area contributed by atoms with Crippen molar-refractivity contribution in [1.82, 2.24) is 4.90 Å². The van der Waals surface area contributed by atoms with E-state index in [2.05, 4.69) is 11.8 Å². The average Bonchev–Trinajstić information content (AvgIpc) is 2.65. The van der Waals surface area contributed by atoms with Crippen LogP contribution in [-0.2, 0) is 4.79 Å². The van der Waals surface area contributed by atoms with Crippen LogP contribution in [0.15, 0.2) is 0 Å². The number of hydrogen-bond donors (Lipinski definition) is 1. The van der Waals surface area contributed by atoms with Crippen LogP contribution < -0.4 is 5.73 Å². The second-order valence-electron chi connectivity index (χ2n) is 5.82. The first-order chi connectivity index (χ1) is 8.69. The third kappa shape index (κ3) is 2.85. The highest BCUT2D eigenvalue weighted by Gasteiger charge is 2.41. The van der Waals surface area contributed by atoms with Crippen molar-refractivity contribution in [2.75, 3.05) is 24.6 Å². The number of carbonyl (C=O) groups is 1. The van der Waals surface area contributed by atoms with Gasteiger partial charge in [-0.2, -0.15) is 11.8 Å². The third-order valence-corrected chi connectivity index (χ3v) is 5.72. The first-order valence-corrected chi connectivity index (χ1v) is 8.44. The van der Waals surface area contributed by atoms with Crippen LogP contribution in [0.4, 0.5) is 0 Å². The largest absolute Gasteiger partial charge is 0.338 e. The van der Waals surface area contributed by atoms with Crippen LogP contribution in [0.3, 0.4) is 0 Å². The van der Waals surface area contributed by atoms with Gasteiger partial charge in [0, 0.05) is 30.6 Å². The summed E-state index contributed by atoms with van der Waals surface area (Å²) in [6.07, 6.45) is 6.86. The van der Waals surface area contributed by atoms with Gasteiger partial charge >= 0.3 is 0 Å². The van der Waals surface area contributed by atoms with Gasteiger partial charge in [-0.05, 0) is 19.8 Å². The minimum atomic E-state index is -0.243. The molecule has 2 N–H and O–H groups in total. The van der Waals surface area contributed by atoms with Crippen LogP contribution in [0.2, 0.25) is 0 Å². The molecule has 18 heavy (non-hydrogen) atoms. The second-order valence-corrected chi connectivity index (χ2v) is 6.97. The van der Waals surface area contributed by atoms with E-state index in [1.54, 1.807) is 0 Å². The molecule has 1 heterocycles. The molecule has 1 saturated carbocycles. The molecule has 1 saturated heterocycles. The summed E-state index contributed by atoms with van der Waals surface area (Å²) < 4.78 is 0. The standard InChI is InChI=1S/C14H26N2OS/c1-12-10-18-9-8-16(12)13(17)14(11-15)6-4-2-3-5-7-14/h12H,2-11,15H2,1H3. The van der Waals surface area contributed by atoms with Crippen LogP contribution >= 0.6 is 11.8 Å². The molecule has 104 valence electrons. The van der Waals surface area contributed by atoms with Crippen LogP contribution in [0.25, 0.3) is 0 Å². The maximum Gasteiger partial charge on any atom is 0.230 e. The summed E-state index contributed by atoms with van der Waals surface area (Å²) in [6, 6.07) is 0.378. The van der Waals surface area contributed by atoms with Gasteiger partial charge in [0.1, 0.15) is 0 Å². The molecule has 1 atom stereocenters. The quantitative estimate of drug-likeness (QED) is 0.783. The fourth-order valence-electron chi connectivity index (χ4n) is 3.24. The summed E-state index contributed by atoms with van der Waals surface area (Å²) in [4.78, 5) is 15.0. The summed E-state index contributed by atoms with van der Waals surface area (Å²) in [6.45, 7) is 3.61. The monoisotopic (exact) mass is 270 g/mol. The number of rotatable bonds is 2. The molecular formula is C14H26N2OS. The molecule has 1 aliphatic carbocycles. The molecule has 0 aromatic heterocycles. The van der Waals surface area contributed by atoms with E-state index in [1.807, 2.05) is 11.8 Å². The first kappa shape index (κ1) is 14.2. The molecule has 3 nitrogen and oxygen atoms in total. The Hall–Kier alpha value is -0.220. The van der Waals surface area contributed by atoms with Crippen molar-refractivity contribution in [3.8, 4) is 0 Å². The van der Waals surface area contributed by atoms with E-state index in [0.717, 1.165) is 30.9 Å². The Kier molecular flexibility index (Phi) is 4.96. The number of nitrogens with zero attached hydrogens (tertiary/aromatic N) is 1. The molecule has 2 aliphatic rings. The van der Waals surface area contributed by atoms with Crippen LogP contribution in [-0.4, -0.2) is 41.4 Å². The minimum absolute atomic E-state index is 0.243. The number of carbonyl (C=O) groups excluding carboxylic acids is 1. The van der Waals surface area contributed by atoms with Crippen molar-refractivity contribution >= 4 is 17.7 Å². The van der Waals surface area contributed by atoms with Gasteiger partial charge in [-0.1, -0.05) is 25.7 Å². The van der Waals surface area contributed by atoms with Gasteiger partial charge in [-0.3, -0.25) is 4.79 Å².